The van der Waals surface area contributed by atoms with Gasteiger partial charge in [-0.15, -0.1) is 11.3 Å². The third-order valence-corrected chi connectivity index (χ3v) is 3.89. The van der Waals surface area contributed by atoms with Crippen molar-refractivity contribution in [3.8, 4) is 0 Å². The Hall–Kier alpha value is -1.47. The number of fused-ring (bicyclic) bond motifs is 1. The van der Waals surface area contributed by atoms with Gasteiger partial charge in [-0.3, -0.25) is 4.79 Å². The van der Waals surface area contributed by atoms with Gasteiger partial charge in [0.2, 0.25) is 11.2 Å². The Morgan fingerprint density at radius 1 is 1.56 bits per heavy atom. The lowest BCUT2D eigenvalue weighted by Gasteiger charge is -2.23. The Kier molecular flexibility index (Phi) is 2.79. The number of rotatable bonds is 2. The maximum absolute atomic E-state index is 11.4. The first-order chi connectivity index (χ1) is 8.66. The second-order valence-electron chi connectivity index (χ2n) is 4.08. The lowest BCUT2D eigenvalue weighted by molar-refractivity contribution is -0.119. The van der Waals surface area contributed by atoms with Crippen molar-refractivity contribution in [1.82, 2.24) is 15.0 Å². The summed E-state index contributed by atoms with van der Waals surface area (Å²) in [6, 6.07) is -0.333. The van der Waals surface area contributed by atoms with Crippen LogP contribution in [0.3, 0.4) is 0 Å². The SMILES string of the molecule is NC(=O)[C@@H]1CCCN1c1nc(Cl)nc2scnc12. The summed E-state index contributed by atoms with van der Waals surface area (Å²) in [5.74, 6) is 0.262. The van der Waals surface area contributed by atoms with E-state index in [1.807, 2.05) is 4.90 Å². The number of anilines is 1. The van der Waals surface area contributed by atoms with Crippen molar-refractivity contribution < 1.29 is 4.79 Å². The summed E-state index contributed by atoms with van der Waals surface area (Å²) in [6.45, 7) is 0.730. The zero-order chi connectivity index (χ0) is 12.7. The zero-order valence-corrected chi connectivity index (χ0v) is 10.9. The number of aromatic nitrogens is 3. The molecule has 3 rings (SSSR count). The summed E-state index contributed by atoms with van der Waals surface area (Å²) in [6.07, 6.45) is 1.64. The maximum Gasteiger partial charge on any atom is 0.240 e. The molecule has 3 heterocycles. The van der Waals surface area contributed by atoms with E-state index in [0.29, 0.717) is 11.3 Å². The molecule has 1 amide bonds. The fourth-order valence-electron chi connectivity index (χ4n) is 2.24. The Morgan fingerprint density at radius 2 is 2.39 bits per heavy atom. The molecule has 6 nitrogen and oxygen atoms in total. The average molecular weight is 284 g/mol. The molecule has 1 fully saturated rings. The fraction of sp³-hybridized carbons (Fsp3) is 0.400. The number of thiazole rings is 1. The first-order valence-electron chi connectivity index (χ1n) is 5.49. The topological polar surface area (TPSA) is 85.0 Å². The largest absolute Gasteiger partial charge is 0.368 e. The minimum atomic E-state index is -0.342. The quantitative estimate of drug-likeness (QED) is 0.837. The molecule has 2 aromatic heterocycles. The molecule has 0 aromatic carbocycles. The number of amides is 1. The summed E-state index contributed by atoms with van der Waals surface area (Å²) in [4.78, 5) is 26.6. The highest BCUT2D eigenvalue weighted by atomic mass is 35.5. The molecular formula is C10H10ClN5OS. The molecule has 2 aromatic rings. The summed E-state index contributed by atoms with van der Waals surface area (Å²) >= 11 is 7.29. The molecule has 94 valence electrons. The second-order valence-corrected chi connectivity index (χ2v) is 5.25. The van der Waals surface area contributed by atoms with Crippen LogP contribution in [0.5, 0.6) is 0 Å². The highest BCUT2D eigenvalue weighted by molar-refractivity contribution is 7.16. The Balaban J connectivity index is 2.13. The van der Waals surface area contributed by atoms with Crippen molar-refractivity contribution in [1.29, 1.82) is 0 Å². The number of carbonyl (C=O) groups excluding carboxylic acids is 1. The van der Waals surface area contributed by atoms with E-state index in [9.17, 15) is 4.79 Å². The van der Waals surface area contributed by atoms with Gasteiger partial charge in [-0.1, -0.05) is 0 Å². The van der Waals surface area contributed by atoms with Crippen LogP contribution in [-0.2, 0) is 4.79 Å². The van der Waals surface area contributed by atoms with E-state index >= 15 is 0 Å². The summed E-state index contributed by atoms with van der Waals surface area (Å²) in [7, 11) is 0. The van der Waals surface area contributed by atoms with Crippen LogP contribution in [-0.4, -0.2) is 33.4 Å². The van der Waals surface area contributed by atoms with Crippen LogP contribution >= 0.6 is 22.9 Å². The van der Waals surface area contributed by atoms with Crippen molar-refractivity contribution >= 4 is 45.0 Å². The van der Waals surface area contributed by atoms with E-state index in [2.05, 4.69) is 15.0 Å². The van der Waals surface area contributed by atoms with E-state index in [1.54, 1.807) is 5.51 Å². The number of primary amides is 1. The van der Waals surface area contributed by atoms with Crippen LogP contribution in [0.2, 0.25) is 5.28 Å². The molecule has 0 radical (unpaired) electrons. The minimum absolute atomic E-state index is 0.164. The van der Waals surface area contributed by atoms with Crippen LogP contribution in [0.4, 0.5) is 5.82 Å². The third kappa shape index (κ3) is 1.79. The van der Waals surface area contributed by atoms with Crippen LogP contribution < -0.4 is 10.6 Å². The Labute approximate surface area is 112 Å². The molecule has 2 N–H and O–H groups in total. The van der Waals surface area contributed by atoms with Gasteiger partial charge in [0.05, 0.1) is 5.51 Å². The molecule has 1 aliphatic heterocycles. The first-order valence-corrected chi connectivity index (χ1v) is 6.75. The van der Waals surface area contributed by atoms with E-state index in [1.165, 1.54) is 11.3 Å². The van der Waals surface area contributed by atoms with Crippen LogP contribution in [0.1, 0.15) is 12.8 Å². The predicted octanol–water partition coefficient (Wildman–Crippen LogP) is 1.19. The summed E-state index contributed by atoms with van der Waals surface area (Å²) in [5, 5.41) is 0.164. The Morgan fingerprint density at radius 3 is 3.17 bits per heavy atom. The van der Waals surface area contributed by atoms with Gasteiger partial charge in [0.1, 0.15) is 11.6 Å². The molecule has 0 saturated carbocycles. The normalized spacial score (nSPS) is 19.6. The van der Waals surface area contributed by atoms with E-state index < -0.39 is 0 Å². The molecule has 1 saturated heterocycles. The van der Waals surface area contributed by atoms with Gasteiger partial charge < -0.3 is 10.6 Å². The van der Waals surface area contributed by atoms with Crippen molar-refractivity contribution in [2.24, 2.45) is 5.73 Å². The maximum atomic E-state index is 11.4. The smallest absolute Gasteiger partial charge is 0.240 e. The summed E-state index contributed by atoms with van der Waals surface area (Å²) < 4.78 is 0. The Bertz CT molecular complexity index is 615. The van der Waals surface area contributed by atoms with Gasteiger partial charge in [0.15, 0.2) is 10.6 Å². The van der Waals surface area contributed by atoms with Gasteiger partial charge in [-0.2, -0.15) is 4.98 Å². The molecule has 0 aliphatic carbocycles. The molecule has 1 aliphatic rings. The number of carbonyl (C=O) groups is 1. The molecular weight excluding hydrogens is 274 g/mol. The van der Waals surface area contributed by atoms with Crippen molar-refractivity contribution in [2.45, 2.75) is 18.9 Å². The van der Waals surface area contributed by atoms with Gasteiger partial charge in [0, 0.05) is 6.54 Å². The molecule has 1 atom stereocenters. The zero-order valence-electron chi connectivity index (χ0n) is 9.34. The molecule has 18 heavy (non-hydrogen) atoms. The minimum Gasteiger partial charge on any atom is -0.368 e. The average Bonchev–Trinajstić information content (AvgIpc) is 2.95. The monoisotopic (exact) mass is 283 g/mol. The van der Waals surface area contributed by atoms with Gasteiger partial charge in [-0.25, -0.2) is 9.97 Å². The van der Waals surface area contributed by atoms with E-state index in [0.717, 1.165) is 24.2 Å². The first kappa shape index (κ1) is 11.6. The van der Waals surface area contributed by atoms with Crippen LogP contribution in [0, 0.1) is 0 Å². The lowest BCUT2D eigenvalue weighted by Crippen LogP contribution is -2.40. The van der Waals surface area contributed by atoms with Crippen LogP contribution in [0.25, 0.3) is 10.3 Å². The van der Waals surface area contributed by atoms with Crippen molar-refractivity contribution in [3.63, 3.8) is 0 Å². The van der Waals surface area contributed by atoms with Crippen LogP contribution in [0.15, 0.2) is 5.51 Å². The number of hydrogen-bond donors (Lipinski definition) is 1. The molecule has 0 spiro atoms. The highest BCUT2D eigenvalue weighted by Gasteiger charge is 2.32. The third-order valence-electron chi connectivity index (χ3n) is 3.01. The van der Waals surface area contributed by atoms with E-state index in [-0.39, 0.29) is 17.2 Å². The fourth-order valence-corrected chi connectivity index (χ4v) is 3.11. The molecule has 0 bridgehead atoms. The number of nitrogens with zero attached hydrogens (tertiary/aromatic N) is 4. The molecule has 8 heteroatoms. The number of halogens is 1. The lowest BCUT2D eigenvalue weighted by atomic mass is 10.2. The van der Waals surface area contributed by atoms with Gasteiger partial charge in [0.25, 0.3) is 0 Å². The summed E-state index contributed by atoms with van der Waals surface area (Å²) in [5.41, 5.74) is 7.78. The second kappa shape index (κ2) is 4.33. The van der Waals surface area contributed by atoms with Gasteiger partial charge >= 0.3 is 0 Å². The van der Waals surface area contributed by atoms with Crippen molar-refractivity contribution in [3.05, 3.63) is 10.8 Å². The predicted molar refractivity (Wildman–Crippen MR) is 69.8 cm³/mol. The highest BCUT2D eigenvalue weighted by Crippen LogP contribution is 2.31. The number of hydrogen-bond acceptors (Lipinski definition) is 6. The standard InChI is InChI=1S/C10H10ClN5OS/c11-10-14-8(6-9(15-10)18-4-13-6)16-3-1-2-5(16)7(12)17/h4-5H,1-3H2,(H2,12,17)/t5-/m0/s1. The van der Waals surface area contributed by atoms with E-state index in [4.69, 9.17) is 17.3 Å². The number of nitrogens with two attached hydrogens (primary N) is 1. The van der Waals surface area contributed by atoms with Crippen molar-refractivity contribution in [2.75, 3.05) is 11.4 Å². The molecule has 0 unspecified atom stereocenters. The van der Waals surface area contributed by atoms with Gasteiger partial charge in [-0.05, 0) is 24.4 Å².